The van der Waals surface area contributed by atoms with Gasteiger partial charge >= 0.3 is 0 Å². The monoisotopic (exact) mass is 326 g/mol. The summed E-state index contributed by atoms with van der Waals surface area (Å²) in [5.41, 5.74) is 1.83. The number of hydrogen-bond acceptors (Lipinski definition) is 6. The van der Waals surface area contributed by atoms with Crippen LogP contribution < -0.4 is 4.74 Å². The van der Waals surface area contributed by atoms with Gasteiger partial charge in [-0.25, -0.2) is 0 Å². The van der Waals surface area contributed by atoms with E-state index < -0.39 is 37.3 Å². The highest BCUT2D eigenvalue weighted by atomic mass is 16.7. The number of aliphatic hydroxyl groups is 4. The van der Waals surface area contributed by atoms with Crippen LogP contribution in [0.1, 0.15) is 31.9 Å². The van der Waals surface area contributed by atoms with E-state index in [1.54, 1.807) is 6.07 Å². The highest BCUT2D eigenvalue weighted by molar-refractivity contribution is 5.41. The molecule has 5 atom stereocenters. The number of hydrogen-bond donors (Lipinski definition) is 4. The predicted octanol–water partition coefficient (Wildman–Crippen LogP) is 0.471. The van der Waals surface area contributed by atoms with Crippen LogP contribution >= 0.6 is 0 Å². The molecule has 1 aliphatic heterocycles. The van der Waals surface area contributed by atoms with Gasteiger partial charge in [0.2, 0.25) is 6.29 Å². The maximum Gasteiger partial charge on any atom is 0.229 e. The van der Waals surface area contributed by atoms with E-state index in [4.69, 9.17) is 9.47 Å². The first-order chi connectivity index (χ1) is 10.6. The fourth-order valence-corrected chi connectivity index (χ4v) is 2.62. The van der Waals surface area contributed by atoms with Crippen molar-refractivity contribution in [1.82, 2.24) is 0 Å². The Morgan fingerprint density at radius 3 is 2.30 bits per heavy atom. The Kier molecular flexibility index (Phi) is 5.33. The van der Waals surface area contributed by atoms with Crippen LogP contribution in [0.3, 0.4) is 0 Å². The smallest absolute Gasteiger partial charge is 0.229 e. The van der Waals surface area contributed by atoms with Crippen molar-refractivity contribution in [3.8, 4) is 5.75 Å². The van der Waals surface area contributed by atoms with E-state index in [-0.39, 0.29) is 5.41 Å². The molecule has 0 amide bonds. The summed E-state index contributed by atoms with van der Waals surface area (Å²) in [6.45, 7) is 7.63. The van der Waals surface area contributed by atoms with Gasteiger partial charge in [-0.2, -0.15) is 0 Å². The molecule has 1 aromatic carbocycles. The number of aliphatic hydroxyl groups excluding tert-OH is 4. The third-order valence-corrected chi connectivity index (χ3v) is 4.03. The SMILES string of the molecule is Cc1ccc(O[C@@H]2O[C@H](CO)[C@H](O)[C@H](O)[C@@H]2O)c(C(C)(C)C)c1. The summed E-state index contributed by atoms with van der Waals surface area (Å²) in [5.74, 6) is 0.535. The van der Waals surface area contributed by atoms with Crippen LogP contribution in [-0.2, 0) is 10.2 Å². The first kappa shape index (κ1) is 18.2. The molecule has 1 aliphatic rings. The number of rotatable bonds is 3. The van der Waals surface area contributed by atoms with Gasteiger partial charge in [-0.1, -0.05) is 38.5 Å². The number of ether oxygens (including phenoxy) is 2. The predicted molar refractivity (Wildman–Crippen MR) is 84.3 cm³/mol. The zero-order valence-corrected chi connectivity index (χ0v) is 13.9. The second-order valence-electron chi connectivity index (χ2n) is 7.06. The van der Waals surface area contributed by atoms with Gasteiger partial charge in [0.25, 0.3) is 0 Å². The lowest BCUT2D eigenvalue weighted by molar-refractivity contribution is -0.277. The third kappa shape index (κ3) is 3.84. The zero-order valence-electron chi connectivity index (χ0n) is 13.9. The Balaban J connectivity index is 2.28. The molecule has 1 fully saturated rings. The van der Waals surface area contributed by atoms with Crippen molar-refractivity contribution in [2.45, 2.75) is 63.8 Å². The molecule has 2 rings (SSSR count). The summed E-state index contributed by atoms with van der Waals surface area (Å²) in [6.07, 6.45) is -6.41. The summed E-state index contributed by atoms with van der Waals surface area (Å²) >= 11 is 0. The zero-order chi connectivity index (χ0) is 17.4. The van der Waals surface area contributed by atoms with Crippen LogP contribution in [-0.4, -0.2) is 57.7 Å². The van der Waals surface area contributed by atoms with Crippen molar-refractivity contribution in [3.05, 3.63) is 29.3 Å². The van der Waals surface area contributed by atoms with Gasteiger partial charge < -0.3 is 29.9 Å². The lowest BCUT2D eigenvalue weighted by atomic mass is 9.85. The molecule has 0 saturated carbocycles. The van der Waals surface area contributed by atoms with Crippen molar-refractivity contribution in [2.24, 2.45) is 0 Å². The molecule has 0 unspecified atom stereocenters. The fourth-order valence-electron chi connectivity index (χ4n) is 2.62. The minimum Gasteiger partial charge on any atom is -0.462 e. The molecule has 6 heteroatoms. The molecule has 0 aliphatic carbocycles. The minimum absolute atomic E-state index is 0.185. The standard InChI is InChI=1S/C17H26O6/c1-9-5-6-11(10(7-9)17(2,3)4)22-16-15(21)14(20)13(19)12(8-18)23-16/h5-7,12-16,18-21H,8H2,1-4H3/t12-,13+,14+,15+,16-/m1/s1. The maximum atomic E-state index is 10.1. The van der Waals surface area contributed by atoms with Crippen LogP contribution in [0.5, 0.6) is 5.75 Å². The quantitative estimate of drug-likeness (QED) is 0.644. The summed E-state index contributed by atoms with van der Waals surface area (Å²) in [5, 5.41) is 39.0. The lowest BCUT2D eigenvalue weighted by Gasteiger charge is -2.40. The lowest BCUT2D eigenvalue weighted by Crippen LogP contribution is -2.60. The van der Waals surface area contributed by atoms with Gasteiger partial charge in [-0.15, -0.1) is 0 Å². The molecule has 130 valence electrons. The van der Waals surface area contributed by atoms with Crippen molar-refractivity contribution in [2.75, 3.05) is 6.61 Å². The fraction of sp³-hybridized carbons (Fsp3) is 0.647. The van der Waals surface area contributed by atoms with Crippen molar-refractivity contribution in [1.29, 1.82) is 0 Å². The molecule has 4 N–H and O–H groups in total. The Morgan fingerprint density at radius 2 is 1.74 bits per heavy atom. The van der Waals surface area contributed by atoms with Gasteiger partial charge in [-0.3, -0.25) is 0 Å². The largest absolute Gasteiger partial charge is 0.462 e. The molecule has 1 aromatic rings. The molecule has 1 heterocycles. The molecule has 0 spiro atoms. The average molecular weight is 326 g/mol. The van der Waals surface area contributed by atoms with Crippen LogP contribution in [0.2, 0.25) is 0 Å². The van der Waals surface area contributed by atoms with Crippen LogP contribution in [0.25, 0.3) is 0 Å². The van der Waals surface area contributed by atoms with Crippen molar-refractivity contribution >= 4 is 0 Å². The molecule has 0 bridgehead atoms. The Labute approximate surface area is 136 Å². The van der Waals surface area contributed by atoms with E-state index >= 15 is 0 Å². The van der Waals surface area contributed by atoms with Gasteiger partial charge in [0, 0.05) is 0 Å². The molecule has 0 radical (unpaired) electrons. The average Bonchev–Trinajstić information content (AvgIpc) is 2.48. The van der Waals surface area contributed by atoms with Gasteiger partial charge in [0.05, 0.1) is 6.61 Å². The van der Waals surface area contributed by atoms with E-state index in [0.29, 0.717) is 5.75 Å². The first-order valence-corrected chi connectivity index (χ1v) is 7.73. The van der Waals surface area contributed by atoms with Gasteiger partial charge in [0.1, 0.15) is 30.2 Å². The Morgan fingerprint density at radius 1 is 1.09 bits per heavy atom. The molecular weight excluding hydrogens is 300 g/mol. The van der Waals surface area contributed by atoms with E-state index in [9.17, 15) is 20.4 Å². The van der Waals surface area contributed by atoms with E-state index in [0.717, 1.165) is 11.1 Å². The summed E-state index contributed by atoms with van der Waals surface area (Å²) in [7, 11) is 0. The van der Waals surface area contributed by atoms with Crippen molar-refractivity contribution in [3.63, 3.8) is 0 Å². The van der Waals surface area contributed by atoms with Crippen LogP contribution in [0.4, 0.5) is 0 Å². The number of benzene rings is 1. The van der Waals surface area contributed by atoms with E-state index in [2.05, 4.69) is 0 Å². The minimum atomic E-state index is -1.45. The molecule has 23 heavy (non-hydrogen) atoms. The summed E-state index contributed by atoms with van der Waals surface area (Å²) in [6, 6.07) is 5.67. The highest BCUT2D eigenvalue weighted by Crippen LogP contribution is 2.34. The van der Waals surface area contributed by atoms with E-state index in [1.165, 1.54) is 0 Å². The molecule has 1 saturated heterocycles. The highest BCUT2D eigenvalue weighted by Gasteiger charge is 2.45. The van der Waals surface area contributed by atoms with Gasteiger partial charge in [-0.05, 0) is 24.0 Å². The molecule has 0 aromatic heterocycles. The van der Waals surface area contributed by atoms with Crippen LogP contribution in [0, 0.1) is 6.92 Å². The topological polar surface area (TPSA) is 99.4 Å². The molecular formula is C17H26O6. The maximum absolute atomic E-state index is 10.1. The van der Waals surface area contributed by atoms with Crippen LogP contribution in [0.15, 0.2) is 18.2 Å². The van der Waals surface area contributed by atoms with E-state index in [1.807, 2.05) is 39.8 Å². The Hall–Kier alpha value is -1.18. The first-order valence-electron chi connectivity index (χ1n) is 7.73. The third-order valence-electron chi connectivity index (χ3n) is 4.03. The van der Waals surface area contributed by atoms with Crippen molar-refractivity contribution < 1.29 is 29.9 Å². The summed E-state index contributed by atoms with van der Waals surface area (Å²) in [4.78, 5) is 0. The van der Waals surface area contributed by atoms with Gasteiger partial charge in [0.15, 0.2) is 0 Å². The Bertz CT molecular complexity index is 536. The summed E-state index contributed by atoms with van der Waals surface area (Å²) < 4.78 is 11.2. The second-order valence-corrected chi connectivity index (χ2v) is 7.06. The normalized spacial score (nSPS) is 31.9. The number of aryl methyl sites for hydroxylation is 1. The molecule has 6 nitrogen and oxygen atoms in total. The second kappa shape index (κ2) is 6.75.